The molecule has 0 aromatic heterocycles. The van der Waals surface area contributed by atoms with Crippen LogP contribution in [0, 0.1) is 11.3 Å². The minimum absolute atomic E-state index is 0.0208. The molecule has 1 fully saturated rings. The molecule has 1 amide bonds. The van der Waals surface area contributed by atoms with Crippen LogP contribution < -0.4 is 4.74 Å². The molecular formula is C21H31N3O3. The summed E-state index contributed by atoms with van der Waals surface area (Å²) < 4.78 is 11.0. The summed E-state index contributed by atoms with van der Waals surface area (Å²) in [6.45, 7) is 7.83. The first-order valence-electron chi connectivity index (χ1n) is 9.94. The van der Waals surface area contributed by atoms with Crippen LogP contribution in [0.3, 0.4) is 0 Å². The normalized spacial score (nSPS) is 14.5. The fourth-order valence-corrected chi connectivity index (χ4v) is 3.09. The number of rotatable bonds is 11. The van der Waals surface area contributed by atoms with Crippen LogP contribution in [0.25, 0.3) is 0 Å². The summed E-state index contributed by atoms with van der Waals surface area (Å²) in [6, 6.07) is 9.11. The van der Waals surface area contributed by atoms with E-state index in [-0.39, 0.29) is 12.5 Å². The van der Waals surface area contributed by atoms with Gasteiger partial charge in [0.2, 0.25) is 0 Å². The largest absolute Gasteiger partial charge is 0.482 e. The van der Waals surface area contributed by atoms with Crippen LogP contribution in [-0.2, 0) is 9.53 Å². The van der Waals surface area contributed by atoms with Crippen LogP contribution in [0.4, 0.5) is 0 Å². The monoisotopic (exact) mass is 373 g/mol. The summed E-state index contributed by atoms with van der Waals surface area (Å²) in [5, 5.41) is 9.15. The third kappa shape index (κ3) is 7.58. The Balaban J connectivity index is 1.87. The number of unbranched alkanes of at least 4 members (excludes halogenated alkanes) is 3. The van der Waals surface area contributed by atoms with E-state index in [9.17, 15) is 4.79 Å². The van der Waals surface area contributed by atoms with E-state index in [4.69, 9.17) is 14.7 Å². The fraction of sp³-hybridized carbons (Fsp3) is 0.619. The maximum Gasteiger partial charge on any atom is 0.260 e. The number of hydrogen-bond acceptors (Lipinski definition) is 5. The number of nitriles is 1. The lowest BCUT2D eigenvalue weighted by Gasteiger charge is -2.30. The molecule has 0 spiro atoms. The molecule has 0 saturated carbocycles. The Labute approximate surface area is 162 Å². The molecule has 1 aromatic rings. The van der Waals surface area contributed by atoms with Crippen molar-refractivity contribution >= 4 is 5.91 Å². The molecule has 27 heavy (non-hydrogen) atoms. The highest BCUT2D eigenvalue weighted by Crippen LogP contribution is 2.16. The van der Waals surface area contributed by atoms with E-state index in [0.717, 1.165) is 52.2 Å². The first-order valence-corrected chi connectivity index (χ1v) is 9.94. The van der Waals surface area contributed by atoms with Gasteiger partial charge in [0.15, 0.2) is 6.61 Å². The van der Waals surface area contributed by atoms with Crippen molar-refractivity contribution in [1.82, 2.24) is 9.80 Å². The highest BCUT2D eigenvalue weighted by atomic mass is 16.5. The van der Waals surface area contributed by atoms with E-state index in [1.165, 1.54) is 12.8 Å². The molecule has 0 bridgehead atoms. The number of hydrogen-bond donors (Lipinski definition) is 0. The molecule has 1 saturated heterocycles. The fourth-order valence-electron chi connectivity index (χ4n) is 3.09. The minimum atomic E-state index is -0.0322. The molecule has 2 rings (SSSR count). The summed E-state index contributed by atoms with van der Waals surface area (Å²) in [5.41, 5.74) is 0.452. The lowest BCUT2D eigenvalue weighted by Crippen LogP contribution is -2.44. The summed E-state index contributed by atoms with van der Waals surface area (Å²) in [7, 11) is 0. The number of carbonyl (C=O) groups is 1. The van der Waals surface area contributed by atoms with Crippen molar-refractivity contribution in [3.63, 3.8) is 0 Å². The van der Waals surface area contributed by atoms with E-state index in [2.05, 4.69) is 17.9 Å². The van der Waals surface area contributed by atoms with E-state index in [0.29, 0.717) is 17.9 Å². The SMILES string of the molecule is CCCCCCN(CCN1CCOCC1)C(=O)COc1ccccc1C#N. The van der Waals surface area contributed by atoms with Gasteiger partial charge in [-0.1, -0.05) is 38.3 Å². The van der Waals surface area contributed by atoms with Crippen LogP contribution in [0.15, 0.2) is 24.3 Å². The number of carbonyl (C=O) groups excluding carboxylic acids is 1. The van der Waals surface area contributed by atoms with Crippen molar-refractivity contribution in [3.8, 4) is 11.8 Å². The molecule has 1 aromatic carbocycles. The standard InChI is InChI=1S/C21H31N3O3/c1-2-3-4-7-10-24(12-11-23-13-15-26-16-14-23)21(25)18-27-20-9-6-5-8-19(20)17-22/h5-6,8-9H,2-4,7,10-16,18H2,1H3. The molecule has 1 aliphatic heterocycles. The summed E-state index contributed by atoms with van der Waals surface area (Å²) in [6.07, 6.45) is 4.51. The van der Waals surface area contributed by atoms with Gasteiger partial charge < -0.3 is 14.4 Å². The first-order chi connectivity index (χ1) is 13.2. The van der Waals surface area contributed by atoms with Gasteiger partial charge in [0, 0.05) is 32.7 Å². The van der Waals surface area contributed by atoms with Gasteiger partial charge in [0.05, 0.1) is 18.8 Å². The molecule has 6 nitrogen and oxygen atoms in total. The van der Waals surface area contributed by atoms with Crippen molar-refractivity contribution in [3.05, 3.63) is 29.8 Å². The van der Waals surface area contributed by atoms with Crippen LogP contribution in [-0.4, -0.2) is 68.3 Å². The molecule has 0 unspecified atom stereocenters. The van der Waals surface area contributed by atoms with Crippen molar-refractivity contribution in [2.75, 3.05) is 52.5 Å². The maximum absolute atomic E-state index is 12.7. The zero-order valence-electron chi connectivity index (χ0n) is 16.4. The van der Waals surface area contributed by atoms with Gasteiger partial charge >= 0.3 is 0 Å². The number of benzene rings is 1. The van der Waals surface area contributed by atoms with Crippen molar-refractivity contribution in [2.45, 2.75) is 32.6 Å². The van der Waals surface area contributed by atoms with E-state index in [1.807, 2.05) is 11.0 Å². The Bertz CT molecular complexity index is 609. The lowest BCUT2D eigenvalue weighted by molar-refractivity contribution is -0.133. The lowest BCUT2D eigenvalue weighted by atomic mass is 10.2. The molecule has 0 N–H and O–H groups in total. The van der Waals surface area contributed by atoms with Gasteiger partial charge in [-0.15, -0.1) is 0 Å². The quantitative estimate of drug-likeness (QED) is 0.558. The zero-order valence-corrected chi connectivity index (χ0v) is 16.4. The van der Waals surface area contributed by atoms with E-state index < -0.39 is 0 Å². The topological polar surface area (TPSA) is 65.8 Å². The Morgan fingerprint density at radius 2 is 2.00 bits per heavy atom. The van der Waals surface area contributed by atoms with Crippen molar-refractivity contribution in [2.24, 2.45) is 0 Å². The molecular weight excluding hydrogens is 342 g/mol. The van der Waals surface area contributed by atoms with Crippen LogP contribution in [0.1, 0.15) is 38.2 Å². The summed E-state index contributed by atoms with van der Waals surface area (Å²) in [4.78, 5) is 17.0. The molecule has 0 radical (unpaired) electrons. The van der Waals surface area contributed by atoms with Crippen LogP contribution in [0.2, 0.25) is 0 Å². The Kier molecular flexibility index (Phi) is 9.67. The molecule has 6 heteroatoms. The highest BCUT2D eigenvalue weighted by Gasteiger charge is 2.17. The highest BCUT2D eigenvalue weighted by molar-refractivity contribution is 5.77. The van der Waals surface area contributed by atoms with Crippen molar-refractivity contribution in [1.29, 1.82) is 5.26 Å². The second-order valence-corrected chi connectivity index (χ2v) is 6.79. The third-order valence-electron chi connectivity index (χ3n) is 4.78. The predicted molar refractivity (Wildman–Crippen MR) is 105 cm³/mol. The average Bonchev–Trinajstić information content (AvgIpc) is 2.72. The van der Waals surface area contributed by atoms with Gasteiger partial charge in [-0.2, -0.15) is 5.26 Å². The summed E-state index contributed by atoms with van der Waals surface area (Å²) in [5.74, 6) is 0.444. The average molecular weight is 373 g/mol. The maximum atomic E-state index is 12.7. The molecule has 1 heterocycles. The Hall–Kier alpha value is -2.10. The van der Waals surface area contributed by atoms with E-state index in [1.54, 1.807) is 18.2 Å². The van der Waals surface area contributed by atoms with Gasteiger partial charge in [-0.3, -0.25) is 9.69 Å². The Morgan fingerprint density at radius 1 is 1.22 bits per heavy atom. The Morgan fingerprint density at radius 3 is 2.74 bits per heavy atom. The zero-order chi connectivity index (χ0) is 19.3. The first kappa shape index (κ1) is 21.2. The predicted octanol–water partition coefficient (Wildman–Crippen LogP) is 2.68. The number of morpholine rings is 1. The number of ether oxygens (including phenoxy) is 2. The van der Waals surface area contributed by atoms with Gasteiger partial charge in [0.1, 0.15) is 11.8 Å². The molecule has 1 aliphatic rings. The van der Waals surface area contributed by atoms with Crippen LogP contribution >= 0.6 is 0 Å². The van der Waals surface area contributed by atoms with Gasteiger partial charge in [-0.25, -0.2) is 0 Å². The van der Waals surface area contributed by atoms with E-state index >= 15 is 0 Å². The smallest absolute Gasteiger partial charge is 0.260 e. The number of para-hydroxylation sites is 1. The third-order valence-corrected chi connectivity index (χ3v) is 4.78. The molecule has 0 aliphatic carbocycles. The number of nitrogens with zero attached hydrogens (tertiary/aromatic N) is 3. The molecule has 0 atom stereocenters. The summed E-state index contributed by atoms with van der Waals surface area (Å²) >= 11 is 0. The second-order valence-electron chi connectivity index (χ2n) is 6.79. The van der Waals surface area contributed by atoms with Gasteiger partial charge in [0.25, 0.3) is 5.91 Å². The van der Waals surface area contributed by atoms with Gasteiger partial charge in [-0.05, 0) is 18.6 Å². The minimum Gasteiger partial charge on any atom is -0.482 e. The van der Waals surface area contributed by atoms with Crippen LogP contribution in [0.5, 0.6) is 5.75 Å². The molecule has 148 valence electrons. The second kappa shape index (κ2) is 12.3. The van der Waals surface area contributed by atoms with Crippen molar-refractivity contribution < 1.29 is 14.3 Å². The number of amides is 1.